The van der Waals surface area contributed by atoms with Crippen molar-refractivity contribution in [3.05, 3.63) is 0 Å². The summed E-state index contributed by atoms with van der Waals surface area (Å²) < 4.78 is 5.64. The van der Waals surface area contributed by atoms with Gasteiger partial charge in [-0.05, 0) is 85.4 Å². The average molecular weight is 296 g/mol. The molecule has 0 amide bonds. The van der Waals surface area contributed by atoms with Crippen LogP contribution in [-0.2, 0) is 9.53 Å². The summed E-state index contributed by atoms with van der Waals surface area (Å²) in [6, 6.07) is 0.635. The summed E-state index contributed by atoms with van der Waals surface area (Å²) in [6.07, 6.45) is 8.25. The van der Waals surface area contributed by atoms with Gasteiger partial charge in [0, 0.05) is 6.04 Å². The van der Waals surface area contributed by atoms with Crippen LogP contribution in [0.4, 0.5) is 0 Å². The summed E-state index contributed by atoms with van der Waals surface area (Å²) in [6.45, 7) is 9.11. The van der Waals surface area contributed by atoms with Crippen LogP contribution in [0.15, 0.2) is 0 Å². The zero-order chi connectivity index (χ0) is 15.3. The Hall–Kier alpha value is -0.610. The van der Waals surface area contributed by atoms with Gasteiger partial charge in [-0.2, -0.15) is 0 Å². The maximum Gasteiger partial charge on any atom is 0.323 e. The molecule has 0 bridgehead atoms. The van der Waals surface area contributed by atoms with E-state index >= 15 is 0 Å². The lowest BCUT2D eigenvalue weighted by Crippen LogP contribution is -2.43. The summed E-state index contributed by atoms with van der Waals surface area (Å²) in [4.78, 5) is 14.8. The Bertz CT molecular complexity index is 326. The predicted octanol–water partition coefficient (Wildman–Crippen LogP) is 2.71. The SMILES string of the molecule is CC(C)(C)OC(=O)C(CCCC1CCCN1)N1CCCC1. The summed E-state index contributed by atoms with van der Waals surface area (Å²) in [5.41, 5.74) is -0.387. The van der Waals surface area contributed by atoms with Gasteiger partial charge >= 0.3 is 5.97 Å². The molecule has 4 nitrogen and oxygen atoms in total. The van der Waals surface area contributed by atoms with Crippen LogP contribution in [0.25, 0.3) is 0 Å². The first-order chi connectivity index (χ1) is 9.96. The standard InChI is InChI=1S/C17H32N2O2/c1-17(2,3)21-16(20)15(19-12-4-5-13-19)10-6-8-14-9-7-11-18-14/h14-15,18H,4-13H2,1-3H3. The topological polar surface area (TPSA) is 41.6 Å². The molecule has 0 aromatic rings. The zero-order valence-corrected chi connectivity index (χ0v) is 14.0. The maximum absolute atomic E-state index is 12.5. The predicted molar refractivity (Wildman–Crippen MR) is 85.3 cm³/mol. The number of rotatable bonds is 6. The molecule has 0 saturated carbocycles. The van der Waals surface area contributed by atoms with Crippen molar-refractivity contribution in [3.8, 4) is 0 Å². The molecular weight excluding hydrogens is 264 g/mol. The molecule has 21 heavy (non-hydrogen) atoms. The van der Waals surface area contributed by atoms with Gasteiger partial charge in [-0.15, -0.1) is 0 Å². The van der Waals surface area contributed by atoms with Gasteiger partial charge in [-0.25, -0.2) is 0 Å². The molecule has 122 valence electrons. The lowest BCUT2D eigenvalue weighted by atomic mass is 10.0. The van der Waals surface area contributed by atoms with Gasteiger partial charge in [0.15, 0.2) is 0 Å². The van der Waals surface area contributed by atoms with Crippen LogP contribution in [0.5, 0.6) is 0 Å². The number of esters is 1. The van der Waals surface area contributed by atoms with Crippen molar-refractivity contribution in [1.29, 1.82) is 0 Å². The van der Waals surface area contributed by atoms with Crippen LogP contribution < -0.4 is 5.32 Å². The van der Waals surface area contributed by atoms with Crippen molar-refractivity contribution in [1.82, 2.24) is 10.2 Å². The zero-order valence-electron chi connectivity index (χ0n) is 14.0. The van der Waals surface area contributed by atoms with E-state index in [0.29, 0.717) is 6.04 Å². The van der Waals surface area contributed by atoms with Gasteiger partial charge in [0.2, 0.25) is 0 Å². The molecule has 2 fully saturated rings. The van der Waals surface area contributed by atoms with E-state index in [9.17, 15) is 4.79 Å². The fourth-order valence-electron chi connectivity index (χ4n) is 3.43. The van der Waals surface area contributed by atoms with Gasteiger partial charge < -0.3 is 10.1 Å². The van der Waals surface area contributed by atoms with Crippen molar-refractivity contribution in [2.45, 2.75) is 83.4 Å². The molecule has 0 spiro atoms. The first-order valence-electron chi connectivity index (χ1n) is 8.66. The van der Waals surface area contributed by atoms with Crippen LogP contribution in [-0.4, -0.2) is 48.2 Å². The van der Waals surface area contributed by atoms with Crippen molar-refractivity contribution >= 4 is 5.97 Å². The monoisotopic (exact) mass is 296 g/mol. The smallest absolute Gasteiger partial charge is 0.323 e. The van der Waals surface area contributed by atoms with E-state index < -0.39 is 0 Å². The quantitative estimate of drug-likeness (QED) is 0.765. The highest BCUT2D eigenvalue weighted by Crippen LogP contribution is 2.21. The Morgan fingerprint density at radius 2 is 2.00 bits per heavy atom. The molecule has 2 aliphatic rings. The maximum atomic E-state index is 12.5. The Morgan fingerprint density at radius 1 is 1.29 bits per heavy atom. The summed E-state index contributed by atoms with van der Waals surface area (Å²) in [7, 11) is 0. The van der Waals surface area contributed by atoms with E-state index in [1.54, 1.807) is 0 Å². The van der Waals surface area contributed by atoms with Gasteiger partial charge in [-0.3, -0.25) is 9.69 Å². The third-order valence-electron chi connectivity index (χ3n) is 4.45. The molecule has 2 aliphatic heterocycles. The molecule has 2 unspecified atom stereocenters. The third kappa shape index (κ3) is 5.59. The van der Waals surface area contributed by atoms with Crippen LogP contribution in [0.3, 0.4) is 0 Å². The molecule has 2 heterocycles. The first-order valence-corrected chi connectivity index (χ1v) is 8.66. The fourth-order valence-corrected chi connectivity index (χ4v) is 3.43. The number of nitrogens with one attached hydrogen (secondary N) is 1. The van der Waals surface area contributed by atoms with Gasteiger partial charge in [0.25, 0.3) is 0 Å². The average Bonchev–Trinajstić information content (AvgIpc) is 3.05. The molecule has 0 aliphatic carbocycles. The molecule has 2 rings (SSSR count). The molecule has 0 aromatic heterocycles. The summed E-state index contributed by atoms with van der Waals surface area (Å²) in [5, 5.41) is 3.54. The number of ether oxygens (including phenoxy) is 1. The highest BCUT2D eigenvalue weighted by atomic mass is 16.6. The summed E-state index contributed by atoms with van der Waals surface area (Å²) in [5.74, 6) is -0.0243. The largest absolute Gasteiger partial charge is 0.459 e. The second kappa shape index (κ2) is 7.59. The Labute approximate surface area is 129 Å². The van der Waals surface area contributed by atoms with Crippen LogP contribution in [0.1, 0.15) is 65.7 Å². The Morgan fingerprint density at radius 3 is 2.57 bits per heavy atom. The van der Waals surface area contributed by atoms with E-state index in [-0.39, 0.29) is 17.6 Å². The fraction of sp³-hybridized carbons (Fsp3) is 0.941. The minimum atomic E-state index is -0.387. The van der Waals surface area contributed by atoms with E-state index in [0.717, 1.165) is 32.5 Å². The minimum Gasteiger partial charge on any atom is -0.459 e. The number of hydrogen-bond donors (Lipinski definition) is 1. The second-order valence-corrected chi connectivity index (χ2v) is 7.52. The highest BCUT2D eigenvalue weighted by molar-refractivity contribution is 5.76. The number of nitrogens with zero attached hydrogens (tertiary/aromatic N) is 1. The van der Waals surface area contributed by atoms with Gasteiger partial charge in [0.1, 0.15) is 11.6 Å². The molecular formula is C17H32N2O2. The molecule has 2 atom stereocenters. The van der Waals surface area contributed by atoms with E-state index in [1.165, 1.54) is 32.1 Å². The Kier molecular flexibility index (Phi) is 6.06. The van der Waals surface area contributed by atoms with Crippen LogP contribution in [0.2, 0.25) is 0 Å². The van der Waals surface area contributed by atoms with Crippen LogP contribution in [0, 0.1) is 0 Å². The third-order valence-corrected chi connectivity index (χ3v) is 4.45. The van der Waals surface area contributed by atoms with Crippen molar-refractivity contribution in [2.24, 2.45) is 0 Å². The number of likely N-dealkylation sites (tertiary alicyclic amines) is 1. The first kappa shape index (κ1) is 16.8. The van der Waals surface area contributed by atoms with Crippen molar-refractivity contribution < 1.29 is 9.53 Å². The molecule has 2 saturated heterocycles. The van der Waals surface area contributed by atoms with Gasteiger partial charge in [-0.1, -0.05) is 0 Å². The number of carbonyl (C=O) groups excluding carboxylic acids is 1. The Balaban J connectivity index is 1.83. The molecule has 0 radical (unpaired) electrons. The van der Waals surface area contributed by atoms with E-state index in [2.05, 4.69) is 10.2 Å². The van der Waals surface area contributed by atoms with Crippen molar-refractivity contribution in [2.75, 3.05) is 19.6 Å². The molecule has 0 aromatic carbocycles. The number of carbonyl (C=O) groups is 1. The van der Waals surface area contributed by atoms with E-state index in [1.807, 2.05) is 20.8 Å². The normalized spacial score (nSPS) is 25.2. The van der Waals surface area contributed by atoms with Crippen molar-refractivity contribution in [3.63, 3.8) is 0 Å². The van der Waals surface area contributed by atoms with E-state index in [4.69, 9.17) is 4.74 Å². The second-order valence-electron chi connectivity index (χ2n) is 7.52. The number of hydrogen-bond acceptors (Lipinski definition) is 4. The summed E-state index contributed by atoms with van der Waals surface area (Å²) >= 11 is 0. The minimum absolute atomic E-state index is 0.0243. The van der Waals surface area contributed by atoms with Crippen LogP contribution >= 0.6 is 0 Å². The molecule has 4 heteroatoms. The highest BCUT2D eigenvalue weighted by Gasteiger charge is 2.31. The lowest BCUT2D eigenvalue weighted by molar-refractivity contribution is -0.161. The molecule has 1 N–H and O–H groups in total. The van der Waals surface area contributed by atoms with Gasteiger partial charge in [0.05, 0.1) is 0 Å². The lowest BCUT2D eigenvalue weighted by Gasteiger charge is -2.29.